The number of benzene rings is 10. The summed E-state index contributed by atoms with van der Waals surface area (Å²) in [4.78, 5) is 2.41. The van der Waals surface area contributed by atoms with Crippen molar-refractivity contribution in [3.8, 4) is 39.1 Å². The fourth-order valence-corrected chi connectivity index (χ4v) is 10.5. The van der Waals surface area contributed by atoms with Crippen molar-refractivity contribution >= 4 is 65.9 Å². The number of nitrogens with zero attached hydrogens (tertiary/aromatic N) is 2. The number of aromatic nitrogens is 1. The van der Waals surface area contributed by atoms with Crippen molar-refractivity contribution in [2.75, 3.05) is 4.90 Å². The van der Waals surface area contributed by atoms with Crippen molar-refractivity contribution in [2.45, 2.75) is 34.1 Å². The molecule has 1 heterocycles. The van der Waals surface area contributed by atoms with E-state index in [-0.39, 0.29) is 0 Å². The summed E-state index contributed by atoms with van der Waals surface area (Å²) in [6.07, 6.45) is 18.4. The molecule has 0 fully saturated rings. The van der Waals surface area contributed by atoms with E-state index < -0.39 is 0 Å². The van der Waals surface area contributed by atoms with Gasteiger partial charge < -0.3 is 9.47 Å². The largest absolute Gasteiger partial charge is 0.316 e. The van der Waals surface area contributed by atoms with Gasteiger partial charge in [-0.15, -0.1) is 0 Å². The number of para-hydroxylation sites is 1. The lowest BCUT2D eigenvalue weighted by molar-refractivity contribution is 1.12. The maximum absolute atomic E-state index is 2.42. The van der Waals surface area contributed by atoms with Gasteiger partial charge in [0, 0.05) is 39.9 Å². The second kappa shape index (κ2) is 19.7. The zero-order chi connectivity index (χ0) is 48.3. The molecule has 0 radical (unpaired) electrons. The summed E-state index contributed by atoms with van der Waals surface area (Å²) in [6, 6.07) is 75.7. The fraction of sp³-hybridized carbons (Fsp3) is 0.0725. The molecule has 1 aliphatic carbocycles. The van der Waals surface area contributed by atoms with Crippen molar-refractivity contribution in [2.24, 2.45) is 0 Å². The number of hydrogen-bond acceptors (Lipinski definition) is 1. The summed E-state index contributed by atoms with van der Waals surface area (Å²) in [5.41, 5.74) is 18.0. The molecule has 0 bridgehead atoms. The van der Waals surface area contributed by atoms with Gasteiger partial charge in [0.25, 0.3) is 0 Å². The lowest BCUT2D eigenvalue weighted by atomic mass is 9.83. The van der Waals surface area contributed by atoms with Crippen LogP contribution in [0.5, 0.6) is 0 Å². The molecule has 0 saturated carbocycles. The molecule has 0 unspecified atom stereocenters. The molecule has 12 rings (SSSR count). The van der Waals surface area contributed by atoms with Crippen LogP contribution in [-0.4, -0.2) is 4.57 Å². The molecule has 2 heteroatoms. The van der Waals surface area contributed by atoms with Crippen LogP contribution in [0.3, 0.4) is 0 Å². The van der Waals surface area contributed by atoms with Crippen LogP contribution < -0.4 is 4.90 Å². The number of rotatable bonds is 8. The minimum absolute atomic E-state index is 0.933. The van der Waals surface area contributed by atoms with Crippen molar-refractivity contribution in [3.05, 3.63) is 272 Å². The first-order valence-electron chi connectivity index (χ1n) is 24.8. The van der Waals surface area contributed by atoms with Gasteiger partial charge >= 0.3 is 0 Å². The Morgan fingerprint density at radius 3 is 1.72 bits per heavy atom. The molecule has 0 amide bonds. The molecule has 342 valence electrons. The Hall–Kier alpha value is -8.72. The van der Waals surface area contributed by atoms with E-state index in [2.05, 4.69) is 266 Å². The Kier molecular flexibility index (Phi) is 12.4. The Balaban J connectivity index is 0.00000132. The van der Waals surface area contributed by atoms with E-state index in [1.54, 1.807) is 0 Å². The number of fused-ring (bicyclic) bond motifs is 4. The third-order valence-electron chi connectivity index (χ3n) is 14.0. The summed E-state index contributed by atoms with van der Waals surface area (Å²) < 4.78 is 2.35. The molecular weight excluding hydrogens is 857 g/mol. The Morgan fingerprint density at radius 2 is 1.04 bits per heavy atom. The molecule has 1 aliphatic rings. The number of anilines is 3. The lowest BCUT2D eigenvalue weighted by Crippen LogP contribution is -2.12. The lowest BCUT2D eigenvalue weighted by Gasteiger charge is -2.29. The molecule has 11 aromatic rings. The summed E-state index contributed by atoms with van der Waals surface area (Å²) in [5.74, 6) is 0. The van der Waals surface area contributed by atoms with Crippen LogP contribution in [0.2, 0.25) is 0 Å². The highest BCUT2D eigenvalue weighted by atomic mass is 15.1. The third-order valence-corrected chi connectivity index (χ3v) is 14.0. The molecule has 2 nitrogen and oxygen atoms in total. The van der Waals surface area contributed by atoms with E-state index in [0.717, 1.165) is 29.2 Å². The van der Waals surface area contributed by atoms with E-state index in [0.29, 0.717) is 0 Å². The van der Waals surface area contributed by atoms with E-state index in [9.17, 15) is 0 Å². The van der Waals surface area contributed by atoms with Crippen LogP contribution in [0.1, 0.15) is 37.0 Å². The van der Waals surface area contributed by atoms with Crippen molar-refractivity contribution in [1.82, 2.24) is 4.57 Å². The van der Waals surface area contributed by atoms with Gasteiger partial charge in [0.2, 0.25) is 0 Å². The quantitative estimate of drug-likeness (QED) is 0.109. The molecular formula is C69H56N2. The summed E-state index contributed by atoms with van der Waals surface area (Å²) in [7, 11) is 0. The SMILES string of the molecule is C/C=C\C.Cc1cc(N(c2ccccc2)c2ccc(-n3cc(C4=CC=CCC=C4)c4cc(-c5ccccc5)ccc43)cc2)c(C)cc1-c1c2ccccc2c(-c2cccc3ccccc23)c2ccccc12. The van der Waals surface area contributed by atoms with Gasteiger partial charge in [-0.2, -0.15) is 0 Å². The topological polar surface area (TPSA) is 8.17 Å². The zero-order valence-corrected chi connectivity index (χ0v) is 40.9. The van der Waals surface area contributed by atoms with E-state index in [1.807, 2.05) is 26.0 Å². The van der Waals surface area contributed by atoms with Gasteiger partial charge in [-0.1, -0.05) is 188 Å². The minimum atomic E-state index is 0.933. The Labute approximate surface area is 418 Å². The maximum atomic E-state index is 2.42. The molecule has 0 N–H and O–H groups in total. The van der Waals surface area contributed by atoms with Gasteiger partial charge in [0.1, 0.15) is 0 Å². The van der Waals surface area contributed by atoms with Gasteiger partial charge in [0.15, 0.2) is 0 Å². The van der Waals surface area contributed by atoms with Gasteiger partial charge in [-0.3, -0.25) is 0 Å². The van der Waals surface area contributed by atoms with Crippen LogP contribution in [0.25, 0.3) is 87.9 Å². The molecule has 0 atom stereocenters. The van der Waals surface area contributed by atoms with Crippen LogP contribution in [0.4, 0.5) is 17.1 Å². The average Bonchev–Trinajstić information content (AvgIpc) is 3.59. The highest BCUT2D eigenvalue weighted by Gasteiger charge is 2.22. The minimum Gasteiger partial charge on any atom is -0.316 e. The van der Waals surface area contributed by atoms with Crippen LogP contribution in [0.15, 0.2) is 255 Å². The summed E-state index contributed by atoms with van der Waals surface area (Å²) in [6.45, 7) is 8.54. The van der Waals surface area contributed by atoms with E-state index in [4.69, 9.17) is 0 Å². The molecule has 10 aromatic carbocycles. The summed E-state index contributed by atoms with van der Waals surface area (Å²) in [5, 5.41) is 8.79. The van der Waals surface area contributed by atoms with Crippen molar-refractivity contribution in [3.63, 3.8) is 0 Å². The second-order valence-electron chi connectivity index (χ2n) is 18.4. The standard InChI is InChI=1S/C65H48N2.C4H8/c1-44-41-63(45(2)40-59(44)65-57-31-17-15-29-55(57)64(56-30-16-18-32-58(56)65)54-33-19-25-47-24-13-14-28-53(47)54)67(51-26-11-6-12-27-51)52-37-35-50(36-38-52)66-43-61(48-22-7-3-4-8-23-48)60-42-49(34-39-62(60)66)46-20-9-5-10-21-46;1-3-4-2/h3,5-43H,4H2,1-2H3;3-4H,1-2H3/b;4-3-. The fourth-order valence-electron chi connectivity index (χ4n) is 10.5. The smallest absolute Gasteiger partial charge is 0.0535 e. The van der Waals surface area contributed by atoms with Gasteiger partial charge in [-0.25, -0.2) is 0 Å². The number of hydrogen-bond donors (Lipinski definition) is 0. The predicted molar refractivity (Wildman–Crippen MR) is 308 cm³/mol. The first-order valence-corrected chi connectivity index (χ1v) is 24.8. The molecule has 71 heavy (non-hydrogen) atoms. The van der Waals surface area contributed by atoms with E-state index >= 15 is 0 Å². The highest BCUT2D eigenvalue weighted by Crippen LogP contribution is 2.48. The number of allylic oxidation sites excluding steroid dienone is 8. The van der Waals surface area contributed by atoms with Gasteiger partial charge in [0.05, 0.1) is 5.52 Å². The third kappa shape index (κ3) is 8.49. The van der Waals surface area contributed by atoms with E-state index in [1.165, 1.54) is 98.9 Å². The first-order chi connectivity index (χ1) is 35.0. The Morgan fingerprint density at radius 1 is 0.451 bits per heavy atom. The van der Waals surface area contributed by atoms with Crippen LogP contribution >= 0.6 is 0 Å². The van der Waals surface area contributed by atoms with Gasteiger partial charge in [-0.05, 0) is 177 Å². The van der Waals surface area contributed by atoms with Crippen LogP contribution in [-0.2, 0) is 0 Å². The normalized spacial score (nSPS) is 12.4. The molecule has 1 aromatic heterocycles. The van der Waals surface area contributed by atoms with Crippen LogP contribution in [0, 0.1) is 13.8 Å². The monoisotopic (exact) mass is 912 g/mol. The zero-order valence-electron chi connectivity index (χ0n) is 40.9. The Bertz CT molecular complexity index is 3800. The van der Waals surface area contributed by atoms with Crippen molar-refractivity contribution in [1.29, 1.82) is 0 Å². The average molecular weight is 913 g/mol. The first kappa shape index (κ1) is 44.8. The molecule has 0 spiro atoms. The highest BCUT2D eigenvalue weighted by molar-refractivity contribution is 6.23. The molecule has 0 saturated heterocycles. The predicted octanol–water partition coefficient (Wildman–Crippen LogP) is 19.7. The molecule has 0 aliphatic heterocycles. The van der Waals surface area contributed by atoms with Crippen molar-refractivity contribution < 1.29 is 0 Å². The second-order valence-corrected chi connectivity index (χ2v) is 18.4. The maximum Gasteiger partial charge on any atom is 0.0535 e. The number of aryl methyl sites for hydroxylation is 2. The summed E-state index contributed by atoms with van der Waals surface area (Å²) >= 11 is 0.